The number of hydrogen-bond donors (Lipinski definition) is 2. The molecule has 0 aliphatic carbocycles. The van der Waals surface area contributed by atoms with Crippen LogP contribution in [0.5, 0.6) is 0 Å². The lowest BCUT2D eigenvalue weighted by atomic mass is 10.2. The van der Waals surface area contributed by atoms with Gasteiger partial charge in [-0.2, -0.15) is 22.0 Å². The summed E-state index contributed by atoms with van der Waals surface area (Å²) in [5, 5.41) is 0. The average Bonchev–Trinajstić information content (AvgIpc) is 2.16. The van der Waals surface area contributed by atoms with Crippen LogP contribution in [0.2, 0.25) is 0 Å². The van der Waals surface area contributed by atoms with Crippen molar-refractivity contribution in [2.45, 2.75) is 12.1 Å². The number of hydrazine groups is 1. The minimum absolute atomic E-state index is 0.328. The van der Waals surface area contributed by atoms with Crippen molar-refractivity contribution in [2.75, 3.05) is 5.43 Å². The predicted molar refractivity (Wildman–Crippen MR) is 39.8 cm³/mol. The fourth-order valence-electron chi connectivity index (χ4n) is 0.732. The smallest absolute Gasteiger partial charge is 0.307 e. The monoisotopic (exact) mass is 228 g/mol. The van der Waals surface area contributed by atoms with Gasteiger partial charge in [0.25, 0.3) is 0 Å². The van der Waals surface area contributed by atoms with Crippen LogP contribution < -0.4 is 11.3 Å². The second kappa shape index (κ2) is 3.57. The van der Waals surface area contributed by atoms with E-state index in [0.717, 1.165) is 6.20 Å². The standard InChI is InChI=1S/C6H5F5N4/c7-5(8,6(9,10)11)3-1-13-2-4(14-3)15-12/h1-2H,12H2,(H,14,15). The van der Waals surface area contributed by atoms with E-state index < -0.39 is 17.8 Å². The van der Waals surface area contributed by atoms with E-state index in [1.165, 1.54) is 0 Å². The third kappa shape index (κ3) is 2.12. The van der Waals surface area contributed by atoms with E-state index in [1.807, 2.05) is 5.43 Å². The summed E-state index contributed by atoms with van der Waals surface area (Å²) in [5.41, 5.74) is 0.308. The van der Waals surface area contributed by atoms with Crippen LogP contribution in [0.1, 0.15) is 5.69 Å². The van der Waals surface area contributed by atoms with E-state index in [1.54, 1.807) is 0 Å². The number of halogens is 5. The Bertz CT molecular complexity index is 350. The van der Waals surface area contributed by atoms with Gasteiger partial charge in [0, 0.05) is 0 Å². The zero-order chi connectivity index (χ0) is 11.7. The second-order valence-electron chi connectivity index (χ2n) is 2.51. The molecular formula is C6H5F5N4. The number of nitrogens with two attached hydrogens (primary N) is 1. The fourth-order valence-corrected chi connectivity index (χ4v) is 0.732. The summed E-state index contributed by atoms with van der Waals surface area (Å²) in [5.74, 6) is -0.635. The Balaban J connectivity index is 3.15. The predicted octanol–water partition coefficient (Wildman–Crippen LogP) is 1.42. The molecule has 0 aliphatic heterocycles. The van der Waals surface area contributed by atoms with Crippen molar-refractivity contribution in [3.8, 4) is 0 Å². The molecule has 15 heavy (non-hydrogen) atoms. The highest BCUT2D eigenvalue weighted by atomic mass is 19.4. The molecule has 0 atom stereocenters. The molecule has 1 rings (SSSR count). The second-order valence-corrected chi connectivity index (χ2v) is 2.51. The summed E-state index contributed by atoms with van der Waals surface area (Å²) in [4.78, 5) is 6.11. The van der Waals surface area contributed by atoms with Gasteiger partial charge in [0.1, 0.15) is 5.69 Å². The molecule has 9 heteroatoms. The molecule has 0 amide bonds. The molecule has 4 nitrogen and oxygen atoms in total. The first-order valence-electron chi connectivity index (χ1n) is 3.52. The fraction of sp³-hybridized carbons (Fsp3) is 0.333. The number of nitrogens with zero attached hydrogens (tertiary/aromatic N) is 2. The molecule has 84 valence electrons. The van der Waals surface area contributed by atoms with Crippen LogP contribution in [0, 0.1) is 0 Å². The van der Waals surface area contributed by atoms with E-state index >= 15 is 0 Å². The largest absolute Gasteiger partial charge is 0.459 e. The van der Waals surface area contributed by atoms with Gasteiger partial charge in [-0.05, 0) is 0 Å². The summed E-state index contributed by atoms with van der Waals surface area (Å²) in [6.45, 7) is 0. The van der Waals surface area contributed by atoms with E-state index in [0.29, 0.717) is 6.20 Å². The van der Waals surface area contributed by atoms with E-state index in [9.17, 15) is 22.0 Å². The van der Waals surface area contributed by atoms with Crippen molar-refractivity contribution in [3.63, 3.8) is 0 Å². The summed E-state index contributed by atoms with van der Waals surface area (Å²) in [7, 11) is 0. The SMILES string of the molecule is NNc1cncc(C(F)(F)C(F)(F)F)n1. The Hall–Kier alpha value is -1.51. The van der Waals surface area contributed by atoms with Crippen LogP contribution in [-0.2, 0) is 5.92 Å². The highest BCUT2D eigenvalue weighted by molar-refractivity contribution is 5.30. The van der Waals surface area contributed by atoms with Gasteiger partial charge in [-0.3, -0.25) is 4.98 Å². The maximum Gasteiger partial charge on any atom is 0.459 e. The molecule has 0 fully saturated rings. The average molecular weight is 228 g/mol. The summed E-state index contributed by atoms with van der Waals surface area (Å²) >= 11 is 0. The zero-order valence-corrected chi connectivity index (χ0v) is 7.02. The van der Waals surface area contributed by atoms with Crippen LogP contribution in [-0.4, -0.2) is 16.1 Å². The molecule has 0 radical (unpaired) electrons. The van der Waals surface area contributed by atoms with Crippen molar-refractivity contribution in [3.05, 3.63) is 18.1 Å². The Morgan fingerprint density at radius 3 is 2.20 bits per heavy atom. The Kier molecular flexibility index (Phi) is 2.75. The molecular weight excluding hydrogens is 223 g/mol. The minimum atomic E-state index is -5.71. The highest BCUT2D eigenvalue weighted by Gasteiger charge is 2.60. The van der Waals surface area contributed by atoms with Crippen LogP contribution >= 0.6 is 0 Å². The Labute approximate surface area is 80.3 Å². The molecule has 0 aliphatic rings. The van der Waals surface area contributed by atoms with Crippen molar-refractivity contribution in [1.29, 1.82) is 0 Å². The van der Waals surface area contributed by atoms with E-state index in [4.69, 9.17) is 5.84 Å². The maximum absolute atomic E-state index is 12.7. The number of alkyl halides is 5. The van der Waals surface area contributed by atoms with Gasteiger partial charge in [-0.1, -0.05) is 0 Å². The van der Waals surface area contributed by atoms with E-state index in [-0.39, 0.29) is 5.82 Å². The van der Waals surface area contributed by atoms with Gasteiger partial charge in [-0.15, -0.1) is 0 Å². The number of rotatable bonds is 2. The van der Waals surface area contributed by atoms with Crippen molar-refractivity contribution in [2.24, 2.45) is 5.84 Å². The first-order chi connectivity index (χ1) is 6.79. The lowest BCUT2D eigenvalue weighted by Crippen LogP contribution is -2.34. The summed E-state index contributed by atoms with van der Waals surface area (Å²) in [6, 6.07) is 0. The number of anilines is 1. The number of nitrogen functional groups attached to an aromatic ring is 1. The number of aromatic nitrogens is 2. The lowest BCUT2D eigenvalue weighted by molar-refractivity contribution is -0.291. The molecule has 0 saturated heterocycles. The highest BCUT2D eigenvalue weighted by Crippen LogP contribution is 2.42. The van der Waals surface area contributed by atoms with Crippen molar-refractivity contribution < 1.29 is 22.0 Å². The topological polar surface area (TPSA) is 63.8 Å². The molecule has 0 saturated carbocycles. The van der Waals surface area contributed by atoms with Gasteiger partial charge < -0.3 is 5.43 Å². The molecule has 0 bridgehead atoms. The van der Waals surface area contributed by atoms with Crippen molar-refractivity contribution in [1.82, 2.24) is 9.97 Å². The van der Waals surface area contributed by atoms with Crippen LogP contribution in [0.25, 0.3) is 0 Å². The molecule has 3 N–H and O–H groups in total. The summed E-state index contributed by atoms with van der Waals surface area (Å²) in [6.07, 6.45) is -4.47. The quantitative estimate of drug-likeness (QED) is 0.456. The normalized spacial score (nSPS) is 12.7. The summed E-state index contributed by atoms with van der Waals surface area (Å²) < 4.78 is 61.0. The zero-order valence-electron chi connectivity index (χ0n) is 7.02. The van der Waals surface area contributed by atoms with Gasteiger partial charge in [0.05, 0.1) is 12.4 Å². The maximum atomic E-state index is 12.7. The molecule has 1 aromatic rings. The third-order valence-corrected chi connectivity index (χ3v) is 1.46. The molecule has 1 heterocycles. The Morgan fingerprint density at radius 2 is 1.73 bits per heavy atom. The van der Waals surface area contributed by atoms with Gasteiger partial charge in [0.2, 0.25) is 0 Å². The number of hydrogen-bond acceptors (Lipinski definition) is 4. The minimum Gasteiger partial charge on any atom is -0.307 e. The first-order valence-corrected chi connectivity index (χ1v) is 3.52. The van der Waals surface area contributed by atoms with Gasteiger partial charge in [0.15, 0.2) is 5.82 Å². The van der Waals surface area contributed by atoms with Crippen LogP contribution in [0.4, 0.5) is 27.8 Å². The molecule has 0 aromatic carbocycles. The molecule has 1 aromatic heterocycles. The molecule has 0 spiro atoms. The third-order valence-electron chi connectivity index (χ3n) is 1.46. The molecule has 0 unspecified atom stereocenters. The van der Waals surface area contributed by atoms with Gasteiger partial charge >= 0.3 is 12.1 Å². The van der Waals surface area contributed by atoms with Crippen molar-refractivity contribution >= 4 is 5.82 Å². The Morgan fingerprint density at radius 1 is 1.13 bits per heavy atom. The first kappa shape index (κ1) is 11.6. The van der Waals surface area contributed by atoms with Crippen LogP contribution in [0.3, 0.4) is 0 Å². The van der Waals surface area contributed by atoms with Crippen LogP contribution in [0.15, 0.2) is 12.4 Å². The lowest BCUT2D eigenvalue weighted by Gasteiger charge is -2.18. The van der Waals surface area contributed by atoms with Gasteiger partial charge in [-0.25, -0.2) is 10.8 Å². The number of nitrogens with one attached hydrogen (secondary N) is 1. The van der Waals surface area contributed by atoms with E-state index in [2.05, 4.69) is 9.97 Å².